The minimum Gasteiger partial charge on any atom is -0.508 e. The van der Waals surface area contributed by atoms with Crippen LogP contribution in [0.1, 0.15) is 5.56 Å². The van der Waals surface area contributed by atoms with Crippen LogP contribution in [0.15, 0.2) is 59.7 Å². The monoisotopic (exact) mass is 280 g/mol. The molecule has 21 heavy (non-hydrogen) atoms. The van der Waals surface area contributed by atoms with Gasteiger partial charge in [0.2, 0.25) is 0 Å². The third kappa shape index (κ3) is 3.21. The molecule has 0 saturated heterocycles. The Morgan fingerprint density at radius 2 is 1.95 bits per heavy atom. The van der Waals surface area contributed by atoms with Gasteiger partial charge in [0.25, 0.3) is 5.95 Å². The topological polar surface area (TPSA) is 88.2 Å². The fourth-order valence-corrected chi connectivity index (χ4v) is 1.71. The summed E-state index contributed by atoms with van der Waals surface area (Å²) in [4.78, 5) is 1.27. The van der Waals surface area contributed by atoms with Crippen LogP contribution in [0, 0.1) is 0 Å². The smallest absolute Gasteiger partial charge is 0.269 e. The third-order valence-electron chi connectivity index (χ3n) is 2.67. The number of hydrogen-bond donors (Lipinski definition) is 2. The van der Waals surface area contributed by atoms with Crippen LogP contribution in [0.4, 0.5) is 11.6 Å². The summed E-state index contributed by atoms with van der Waals surface area (Å²) in [5.41, 5.74) is 1.61. The molecule has 3 aromatic rings. The molecule has 7 nitrogen and oxygen atoms in total. The van der Waals surface area contributed by atoms with Crippen molar-refractivity contribution in [3.05, 3.63) is 60.2 Å². The molecule has 0 fully saturated rings. The maximum atomic E-state index is 9.40. The molecule has 0 unspecified atom stereocenters. The molecule has 0 aliphatic heterocycles. The number of para-hydroxylation sites is 1. The average Bonchev–Trinajstić information content (AvgIpc) is 2.93. The van der Waals surface area contributed by atoms with Gasteiger partial charge in [-0.05, 0) is 40.3 Å². The molecule has 7 heteroatoms. The second kappa shape index (κ2) is 5.83. The zero-order valence-corrected chi connectivity index (χ0v) is 11.0. The van der Waals surface area contributed by atoms with Gasteiger partial charge in [-0.25, -0.2) is 0 Å². The van der Waals surface area contributed by atoms with Gasteiger partial charge in [-0.2, -0.15) is 5.10 Å². The number of aromatic nitrogens is 4. The lowest BCUT2D eigenvalue weighted by molar-refractivity contribution is 0.475. The van der Waals surface area contributed by atoms with Gasteiger partial charge in [0.1, 0.15) is 5.75 Å². The molecular formula is C14H12N6O. The van der Waals surface area contributed by atoms with Crippen molar-refractivity contribution in [1.29, 1.82) is 0 Å². The van der Waals surface area contributed by atoms with E-state index in [1.807, 2.05) is 36.4 Å². The fraction of sp³-hybridized carbons (Fsp3) is 0. The number of nitrogens with one attached hydrogen (secondary N) is 1. The van der Waals surface area contributed by atoms with Crippen molar-refractivity contribution in [2.45, 2.75) is 0 Å². The van der Waals surface area contributed by atoms with E-state index in [1.165, 1.54) is 4.79 Å². The highest BCUT2D eigenvalue weighted by molar-refractivity contribution is 5.80. The molecule has 0 atom stereocenters. The second-order valence-electron chi connectivity index (χ2n) is 4.22. The summed E-state index contributed by atoms with van der Waals surface area (Å²) in [6.07, 6.45) is 1.56. The van der Waals surface area contributed by atoms with Crippen LogP contribution in [-0.2, 0) is 0 Å². The van der Waals surface area contributed by atoms with Crippen molar-refractivity contribution in [3.63, 3.8) is 0 Å². The molecule has 0 radical (unpaired) electrons. The number of anilines is 2. The first-order chi connectivity index (χ1) is 10.3. The summed E-state index contributed by atoms with van der Waals surface area (Å²) in [5, 5.41) is 27.9. The molecule has 1 heterocycles. The maximum absolute atomic E-state index is 9.40. The first kappa shape index (κ1) is 12.8. The Labute approximate surface area is 120 Å². The molecule has 0 amide bonds. The average molecular weight is 280 g/mol. The van der Waals surface area contributed by atoms with Crippen LogP contribution in [0.5, 0.6) is 5.75 Å². The number of tetrazole rings is 1. The van der Waals surface area contributed by atoms with Gasteiger partial charge in [0, 0.05) is 5.69 Å². The Bertz CT molecular complexity index is 753. The molecule has 0 aliphatic rings. The highest BCUT2D eigenvalue weighted by atomic mass is 16.3. The highest BCUT2D eigenvalue weighted by Crippen LogP contribution is 2.12. The number of benzene rings is 2. The molecule has 0 aliphatic carbocycles. The number of rotatable bonds is 4. The summed E-state index contributed by atoms with van der Waals surface area (Å²) in [5.74, 6) is 0.580. The highest BCUT2D eigenvalue weighted by Gasteiger charge is 2.04. The lowest BCUT2D eigenvalue weighted by Gasteiger charge is -2.02. The van der Waals surface area contributed by atoms with Gasteiger partial charge in [-0.3, -0.25) is 0 Å². The quantitative estimate of drug-likeness (QED) is 0.714. The largest absolute Gasteiger partial charge is 0.508 e. The zero-order chi connectivity index (χ0) is 14.5. The zero-order valence-electron chi connectivity index (χ0n) is 11.0. The summed E-state index contributed by atoms with van der Waals surface area (Å²) < 4.78 is 0. The van der Waals surface area contributed by atoms with Crippen LogP contribution < -0.4 is 5.32 Å². The van der Waals surface area contributed by atoms with E-state index < -0.39 is 0 Å². The second-order valence-corrected chi connectivity index (χ2v) is 4.22. The van der Waals surface area contributed by atoms with Gasteiger partial charge in [-0.1, -0.05) is 40.2 Å². The lowest BCUT2D eigenvalue weighted by Crippen LogP contribution is -2.01. The first-order valence-corrected chi connectivity index (χ1v) is 6.25. The standard InChI is InChI=1S/C14H12N6O/c21-13-8-4-5-11(9-13)10-15-20-14(17-18-19-20)16-12-6-2-1-3-7-12/h1-10,21H,(H,16,17,19). The third-order valence-corrected chi connectivity index (χ3v) is 2.67. The molecule has 0 spiro atoms. The van der Waals surface area contributed by atoms with Crippen molar-refractivity contribution in [3.8, 4) is 5.75 Å². The Balaban J connectivity index is 1.79. The molecule has 104 valence electrons. The number of phenolic OH excluding ortho intramolecular Hbond substituents is 1. The normalized spacial score (nSPS) is 10.9. The summed E-state index contributed by atoms with van der Waals surface area (Å²) >= 11 is 0. The van der Waals surface area contributed by atoms with Crippen molar-refractivity contribution < 1.29 is 5.11 Å². The van der Waals surface area contributed by atoms with Crippen LogP contribution in [-0.4, -0.2) is 31.6 Å². The summed E-state index contributed by atoms with van der Waals surface area (Å²) in [6.45, 7) is 0. The Morgan fingerprint density at radius 3 is 2.76 bits per heavy atom. The molecular weight excluding hydrogens is 268 g/mol. The minimum atomic E-state index is 0.179. The van der Waals surface area contributed by atoms with Crippen molar-refractivity contribution in [2.24, 2.45) is 5.10 Å². The number of hydrogen-bond acceptors (Lipinski definition) is 6. The van der Waals surface area contributed by atoms with Crippen molar-refractivity contribution in [2.75, 3.05) is 5.32 Å². The van der Waals surface area contributed by atoms with Gasteiger partial charge in [0.05, 0.1) is 6.21 Å². The number of aromatic hydroxyl groups is 1. The predicted molar refractivity (Wildman–Crippen MR) is 78.6 cm³/mol. The van der Waals surface area contributed by atoms with Crippen LogP contribution in [0.3, 0.4) is 0 Å². The predicted octanol–water partition coefficient (Wildman–Crippen LogP) is 2.00. The fourth-order valence-electron chi connectivity index (χ4n) is 1.71. The molecule has 2 aromatic carbocycles. The Kier molecular flexibility index (Phi) is 3.55. The van der Waals surface area contributed by atoms with Crippen LogP contribution in [0.2, 0.25) is 0 Å². The van der Waals surface area contributed by atoms with E-state index in [9.17, 15) is 5.11 Å². The molecule has 3 rings (SSSR count). The van der Waals surface area contributed by atoms with E-state index in [1.54, 1.807) is 24.4 Å². The van der Waals surface area contributed by atoms with Gasteiger partial charge in [0.15, 0.2) is 0 Å². The van der Waals surface area contributed by atoms with Crippen molar-refractivity contribution in [1.82, 2.24) is 20.3 Å². The van der Waals surface area contributed by atoms with E-state index in [0.29, 0.717) is 5.95 Å². The molecule has 0 saturated carbocycles. The van der Waals surface area contributed by atoms with E-state index in [4.69, 9.17) is 0 Å². The maximum Gasteiger partial charge on any atom is 0.269 e. The van der Waals surface area contributed by atoms with Gasteiger partial charge < -0.3 is 10.4 Å². The van der Waals surface area contributed by atoms with E-state index in [2.05, 4.69) is 25.9 Å². The lowest BCUT2D eigenvalue weighted by atomic mass is 10.2. The Morgan fingerprint density at radius 1 is 1.10 bits per heavy atom. The summed E-state index contributed by atoms with van der Waals surface area (Å²) in [7, 11) is 0. The van der Waals surface area contributed by atoms with Crippen LogP contribution in [0.25, 0.3) is 0 Å². The number of nitrogens with zero attached hydrogens (tertiary/aromatic N) is 5. The van der Waals surface area contributed by atoms with E-state index in [-0.39, 0.29) is 5.75 Å². The van der Waals surface area contributed by atoms with E-state index >= 15 is 0 Å². The van der Waals surface area contributed by atoms with E-state index in [0.717, 1.165) is 11.3 Å². The molecule has 1 aromatic heterocycles. The Hall–Kier alpha value is -3.22. The number of phenols is 1. The SMILES string of the molecule is Oc1cccc(C=Nn2nnnc2Nc2ccccc2)c1. The minimum absolute atomic E-state index is 0.179. The van der Waals surface area contributed by atoms with Crippen LogP contribution >= 0.6 is 0 Å². The van der Waals surface area contributed by atoms with Crippen molar-refractivity contribution >= 4 is 17.9 Å². The van der Waals surface area contributed by atoms with Gasteiger partial charge >= 0.3 is 0 Å². The summed E-state index contributed by atoms with van der Waals surface area (Å²) in [6, 6.07) is 16.3. The molecule has 0 bridgehead atoms. The molecule has 2 N–H and O–H groups in total. The van der Waals surface area contributed by atoms with Gasteiger partial charge in [-0.15, -0.1) is 0 Å². The first-order valence-electron chi connectivity index (χ1n) is 6.25.